The second kappa shape index (κ2) is 5.41. The molecule has 1 aliphatic rings. The number of aromatic nitrogens is 2. The highest BCUT2D eigenvalue weighted by Gasteiger charge is 2.51. The highest BCUT2D eigenvalue weighted by atomic mass is 16.7. The molecule has 0 saturated carbocycles. The Kier molecular flexibility index (Phi) is 3.70. The minimum atomic E-state index is -0.441. The maximum absolute atomic E-state index is 5.97. The molecular weight excluding hydrogens is 281 g/mol. The zero-order valence-corrected chi connectivity index (χ0v) is 13.3. The van der Waals surface area contributed by atoms with Crippen LogP contribution in [0.2, 0.25) is 0 Å². The standard InChI is InChI=1S/C15H20BN3O3/c1-14(2)15(3,4)22-16(21-14)11-8-17-13(18-9-11)19-10-12-6-5-7-20-12/h5-9H,10H2,1-4H3,(H,17,18,19). The van der Waals surface area contributed by atoms with Crippen molar-refractivity contribution in [2.45, 2.75) is 45.4 Å². The molecule has 2 aromatic rings. The van der Waals surface area contributed by atoms with Crippen molar-refractivity contribution in [2.24, 2.45) is 0 Å². The van der Waals surface area contributed by atoms with Gasteiger partial charge in [0.25, 0.3) is 0 Å². The summed E-state index contributed by atoms with van der Waals surface area (Å²) >= 11 is 0. The van der Waals surface area contributed by atoms with Crippen LogP contribution in [-0.4, -0.2) is 28.3 Å². The van der Waals surface area contributed by atoms with Crippen molar-refractivity contribution in [1.82, 2.24) is 9.97 Å². The number of anilines is 1. The molecule has 1 fully saturated rings. The molecule has 1 aliphatic heterocycles. The third-order valence-electron chi connectivity index (χ3n) is 4.20. The summed E-state index contributed by atoms with van der Waals surface area (Å²) in [6.07, 6.45) is 5.08. The maximum Gasteiger partial charge on any atom is 0.498 e. The van der Waals surface area contributed by atoms with Crippen LogP contribution < -0.4 is 10.8 Å². The van der Waals surface area contributed by atoms with E-state index >= 15 is 0 Å². The molecule has 3 rings (SSSR count). The van der Waals surface area contributed by atoms with Gasteiger partial charge >= 0.3 is 7.12 Å². The average Bonchev–Trinajstić information content (AvgIpc) is 3.04. The van der Waals surface area contributed by atoms with E-state index in [4.69, 9.17) is 13.7 Å². The highest BCUT2D eigenvalue weighted by molar-refractivity contribution is 6.61. The van der Waals surface area contributed by atoms with E-state index in [0.717, 1.165) is 11.2 Å². The Labute approximate surface area is 130 Å². The number of furan rings is 1. The van der Waals surface area contributed by atoms with E-state index in [1.807, 2.05) is 39.8 Å². The Morgan fingerprint density at radius 3 is 2.27 bits per heavy atom. The first-order valence-corrected chi connectivity index (χ1v) is 7.31. The maximum atomic E-state index is 5.97. The van der Waals surface area contributed by atoms with Crippen molar-refractivity contribution in [2.75, 3.05) is 5.32 Å². The summed E-state index contributed by atoms with van der Waals surface area (Å²) in [5.74, 6) is 1.37. The van der Waals surface area contributed by atoms with Crippen LogP contribution >= 0.6 is 0 Å². The van der Waals surface area contributed by atoms with Gasteiger partial charge in [0.15, 0.2) is 0 Å². The van der Waals surface area contributed by atoms with E-state index < -0.39 is 7.12 Å². The molecule has 0 aliphatic carbocycles. The Hall–Kier alpha value is -1.86. The Morgan fingerprint density at radius 1 is 1.09 bits per heavy atom. The minimum Gasteiger partial charge on any atom is -0.467 e. The summed E-state index contributed by atoms with van der Waals surface area (Å²) in [4.78, 5) is 8.59. The summed E-state index contributed by atoms with van der Waals surface area (Å²) in [5, 5.41) is 3.10. The van der Waals surface area contributed by atoms with Crippen LogP contribution in [-0.2, 0) is 15.9 Å². The van der Waals surface area contributed by atoms with Gasteiger partial charge < -0.3 is 19.0 Å². The van der Waals surface area contributed by atoms with Gasteiger partial charge in [0.1, 0.15) is 5.76 Å². The number of hydrogen-bond donors (Lipinski definition) is 1. The van der Waals surface area contributed by atoms with Gasteiger partial charge in [-0.05, 0) is 39.8 Å². The smallest absolute Gasteiger partial charge is 0.467 e. The van der Waals surface area contributed by atoms with Crippen LogP contribution in [0.1, 0.15) is 33.5 Å². The number of hydrogen-bond acceptors (Lipinski definition) is 6. The Balaban J connectivity index is 1.65. The van der Waals surface area contributed by atoms with E-state index in [2.05, 4.69) is 15.3 Å². The van der Waals surface area contributed by atoms with Crippen LogP contribution in [0.4, 0.5) is 5.95 Å². The third-order valence-corrected chi connectivity index (χ3v) is 4.20. The van der Waals surface area contributed by atoms with Gasteiger partial charge in [-0.1, -0.05) is 0 Å². The molecule has 0 amide bonds. The lowest BCUT2D eigenvalue weighted by Gasteiger charge is -2.32. The Morgan fingerprint density at radius 2 is 1.73 bits per heavy atom. The molecule has 22 heavy (non-hydrogen) atoms. The second-order valence-electron chi connectivity index (χ2n) is 6.36. The van der Waals surface area contributed by atoms with Gasteiger partial charge in [-0.25, -0.2) is 9.97 Å². The molecule has 0 spiro atoms. The molecular formula is C15H20BN3O3. The molecule has 0 unspecified atom stereocenters. The second-order valence-corrected chi connectivity index (χ2v) is 6.36. The van der Waals surface area contributed by atoms with E-state index in [-0.39, 0.29) is 11.2 Å². The quantitative estimate of drug-likeness (QED) is 0.871. The molecule has 0 aromatic carbocycles. The molecule has 116 valence electrons. The normalized spacial score (nSPS) is 19.4. The number of nitrogens with zero attached hydrogens (tertiary/aromatic N) is 2. The van der Waals surface area contributed by atoms with Crippen molar-refractivity contribution < 1.29 is 13.7 Å². The fourth-order valence-electron chi connectivity index (χ4n) is 2.11. The van der Waals surface area contributed by atoms with E-state index in [1.54, 1.807) is 18.7 Å². The molecule has 2 aromatic heterocycles. The van der Waals surface area contributed by atoms with Gasteiger partial charge in [0.2, 0.25) is 5.95 Å². The number of nitrogens with one attached hydrogen (secondary N) is 1. The van der Waals surface area contributed by atoms with Crippen molar-refractivity contribution in [1.29, 1.82) is 0 Å². The molecule has 0 radical (unpaired) electrons. The lowest BCUT2D eigenvalue weighted by atomic mass is 9.81. The fourth-order valence-corrected chi connectivity index (χ4v) is 2.11. The zero-order valence-electron chi connectivity index (χ0n) is 13.3. The third kappa shape index (κ3) is 2.87. The molecule has 6 nitrogen and oxygen atoms in total. The monoisotopic (exact) mass is 301 g/mol. The minimum absolute atomic E-state index is 0.367. The Bertz CT molecular complexity index is 610. The van der Waals surface area contributed by atoms with Gasteiger partial charge in [0, 0.05) is 17.9 Å². The van der Waals surface area contributed by atoms with Crippen LogP contribution in [0.25, 0.3) is 0 Å². The predicted molar refractivity (Wildman–Crippen MR) is 83.8 cm³/mol. The summed E-state index contributed by atoms with van der Waals surface area (Å²) in [5.41, 5.74) is 0.0732. The van der Waals surface area contributed by atoms with Gasteiger partial charge in [-0.2, -0.15) is 0 Å². The summed E-state index contributed by atoms with van der Waals surface area (Å²) in [7, 11) is -0.441. The largest absolute Gasteiger partial charge is 0.498 e. The molecule has 7 heteroatoms. The predicted octanol–water partition coefficient (Wildman–Crippen LogP) is 1.98. The number of rotatable bonds is 4. The van der Waals surface area contributed by atoms with Crippen LogP contribution in [0.5, 0.6) is 0 Å². The first-order chi connectivity index (χ1) is 10.4. The van der Waals surface area contributed by atoms with Crippen LogP contribution in [0.15, 0.2) is 35.2 Å². The van der Waals surface area contributed by atoms with Gasteiger partial charge in [0.05, 0.1) is 24.0 Å². The van der Waals surface area contributed by atoms with Crippen molar-refractivity contribution in [3.63, 3.8) is 0 Å². The molecule has 0 atom stereocenters. The molecule has 0 bridgehead atoms. The fraction of sp³-hybridized carbons (Fsp3) is 0.467. The van der Waals surface area contributed by atoms with Gasteiger partial charge in [-0.3, -0.25) is 0 Å². The average molecular weight is 301 g/mol. The summed E-state index contributed by atoms with van der Waals surface area (Å²) in [6.45, 7) is 8.63. The molecule has 3 heterocycles. The summed E-state index contributed by atoms with van der Waals surface area (Å²) < 4.78 is 17.2. The molecule has 1 saturated heterocycles. The highest BCUT2D eigenvalue weighted by Crippen LogP contribution is 2.36. The summed E-state index contributed by atoms with van der Waals surface area (Å²) in [6, 6.07) is 3.74. The van der Waals surface area contributed by atoms with Crippen molar-refractivity contribution in [3.05, 3.63) is 36.5 Å². The van der Waals surface area contributed by atoms with Gasteiger partial charge in [-0.15, -0.1) is 0 Å². The van der Waals surface area contributed by atoms with Crippen molar-refractivity contribution >= 4 is 18.5 Å². The van der Waals surface area contributed by atoms with Crippen molar-refractivity contribution in [3.8, 4) is 0 Å². The lowest BCUT2D eigenvalue weighted by molar-refractivity contribution is 0.00578. The van der Waals surface area contributed by atoms with Crippen LogP contribution in [0.3, 0.4) is 0 Å². The van der Waals surface area contributed by atoms with E-state index in [0.29, 0.717) is 12.5 Å². The topological polar surface area (TPSA) is 69.4 Å². The van der Waals surface area contributed by atoms with E-state index in [9.17, 15) is 0 Å². The van der Waals surface area contributed by atoms with Crippen LogP contribution in [0, 0.1) is 0 Å². The lowest BCUT2D eigenvalue weighted by Crippen LogP contribution is -2.41. The first kappa shape index (κ1) is 15.1. The SMILES string of the molecule is CC1(C)OB(c2cnc(NCc3ccco3)nc2)OC1(C)C. The molecule has 1 N–H and O–H groups in total. The van der Waals surface area contributed by atoms with E-state index in [1.165, 1.54) is 0 Å². The first-order valence-electron chi connectivity index (χ1n) is 7.31. The zero-order chi connectivity index (χ0) is 15.8.